The highest BCUT2D eigenvalue weighted by atomic mass is 16.6. The summed E-state index contributed by atoms with van der Waals surface area (Å²) >= 11 is 0. The number of rotatable bonds is 5. The lowest BCUT2D eigenvalue weighted by molar-refractivity contribution is -0.116. The lowest BCUT2D eigenvalue weighted by atomic mass is 9.92. The normalized spacial score (nSPS) is 16.2. The van der Waals surface area contributed by atoms with Gasteiger partial charge in [0.2, 0.25) is 5.91 Å². The molecule has 0 radical (unpaired) electrons. The maximum Gasteiger partial charge on any atom is 0.274 e. The molecule has 1 saturated heterocycles. The predicted octanol–water partition coefficient (Wildman–Crippen LogP) is 2.83. The van der Waals surface area contributed by atoms with E-state index in [9.17, 15) is 9.59 Å². The number of piperidine rings is 1. The lowest BCUT2D eigenvalue weighted by Crippen LogP contribution is -2.39. The van der Waals surface area contributed by atoms with Crippen molar-refractivity contribution >= 4 is 17.5 Å². The summed E-state index contributed by atoms with van der Waals surface area (Å²) in [5.41, 5.74) is 1.89. The minimum atomic E-state index is -0.0719. The van der Waals surface area contributed by atoms with Crippen LogP contribution in [-0.4, -0.2) is 53.0 Å². The van der Waals surface area contributed by atoms with E-state index in [4.69, 9.17) is 9.47 Å². The van der Waals surface area contributed by atoms with Crippen LogP contribution in [0.3, 0.4) is 0 Å². The van der Waals surface area contributed by atoms with Crippen LogP contribution >= 0.6 is 0 Å². The van der Waals surface area contributed by atoms with Crippen molar-refractivity contribution in [2.45, 2.75) is 32.6 Å². The van der Waals surface area contributed by atoms with Gasteiger partial charge in [-0.05, 0) is 44.2 Å². The first-order valence-corrected chi connectivity index (χ1v) is 10.4. The minimum Gasteiger partial charge on any atom is -0.486 e. The summed E-state index contributed by atoms with van der Waals surface area (Å²) in [7, 11) is 0. The van der Waals surface area contributed by atoms with Crippen molar-refractivity contribution in [2.24, 2.45) is 5.92 Å². The Labute approximate surface area is 175 Å². The second-order valence-electron chi connectivity index (χ2n) is 7.72. The minimum absolute atomic E-state index is 0.0138. The zero-order valence-corrected chi connectivity index (χ0v) is 17.1. The fraction of sp³-hybridized carbons (Fsp3) is 0.455. The van der Waals surface area contributed by atoms with Gasteiger partial charge in [-0.25, -0.2) is 4.98 Å². The van der Waals surface area contributed by atoms with Crippen LogP contribution in [0.1, 0.15) is 41.9 Å². The molecule has 0 atom stereocenters. The molecule has 0 aliphatic carbocycles. The molecule has 1 aromatic heterocycles. The summed E-state index contributed by atoms with van der Waals surface area (Å²) in [4.78, 5) is 35.0. The van der Waals surface area contributed by atoms with Crippen LogP contribution in [0.2, 0.25) is 0 Å². The van der Waals surface area contributed by atoms with Gasteiger partial charge in [-0.2, -0.15) is 0 Å². The number of likely N-dealkylation sites (tertiary alicyclic amines) is 1. The average molecular weight is 410 g/mol. The van der Waals surface area contributed by atoms with Gasteiger partial charge in [-0.1, -0.05) is 0 Å². The molecule has 4 rings (SSSR count). The van der Waals surface area contributed by atoms with Crippen LogP contribution in [0.5, 0.6) is 11.5 Å². The van der Waals surface area contributed by atoms with Gasteiger partial charge in [0.15, 0.2) is 11.5 Å². The molecule has 158 valence electrons. The molecule has 30 heavy (non-hydrogen) atoms. The van der Waals surface area contributed by atoms with Crippen molar-refractivity contribution in [3.05, 3.63) is 42.0 Å². The van der Waals surface area contributed by atoms with Crippen LogP contribution in [0.4, 0.5) is 5.69 Å². The van der Waals surface area contributed by atoms with E-state index in [1.807, 2.05) is 24.0 Å². The van der Waals surface area contributed by atoms with E-state index in [2.05, 4.69) is 15.3 Å². The van der Waals surface area contributed by atoms with Crippen molar-refractivity contribution < 1.29 is 19.1 Å². The number of hydrogen-bond donors (Lipinski definition) is 1. The number of nitrogens with zero attached hydrogens (tertiary/aromatic N) is 3. The molecule has 0 spiro atoms. The van der Waals surface area contributed by atoms with Crippen LogP contribution < -0.4 is 14.8 Å². The summed E-state index contributed by atoms with van der Waals surface area (Å²) in [6.45, 7) is 4.27. The first-order chi connectivity index (χ1) is 14.6. The molecule has 8 heteroatoms. The number of carbonyl (C=O) groups excluding carboxylic acids is 2. The van der Waals surface area contributed by atoms with Gasteiger partial charge < -0.3 is 19.7 Å². The van der Waals surface area contributed by atoms with Gasteiger partial charge in [0.05, 0.1) is 11.9 Å². The van der Waals surface area contributed by atoms with E-state index in [-0.39, 0.29) is 11.8 Å². The second kappa shape index (κ2) is 9.11. The molecule has 0 saturated carbocycles. The van der Waals surface area contributed by atoms with Crippen molar-refractivity contribution in [3.63, 3.8) is 0 Å². The Morgan fingerprint density at radius 2 is 1.87 bits per heavy atom. The highest BCUT2D eigenvalue weighted by Gasteiger charge is 2.25. The third kappa shape index (κ3) is 4.87. The molecular formula is C22H26N4O4. The average Bonchev–Trinajstić information content (AvgIpc) is 2.78. The number of hydrogen-bond acceptors (Lipinski definition) is 6. The molecule has 1 fully saturated rings. The zero-order valence-electron chi connectivity index (χ0n) is 17.1. The van der Waals surface area contributed by atoms with Crippen molar-refractivity contribution in [1.29, 1.82) is 0 Å². The molecule has 8 nitrogen and oxygen atoms in total. The third-order valence-corrected chi connectivity index (χ3v) is 5.51. The van der Waals surface area contributed by atoms with Crippen LogP contribution in [0.25, 0.3) is 0 Å². The molecule has 1 N–H and O–H groups in total. The van der Waals surface area contributed by atoms with Gasteiger partial charge in [0, 0.05) is 37.5 Å². The van der Waals surface area contributed by atoms with Crippen molar-refractivity contribution in [2.75, 3.05) is 31.6 Å². The molecule has 2 aromatic rings. The largest absolute Gasteiger partial charge is 0.486 e. The number of ether oxygens (including phenoxy) is 2. The fourth-order valence-electron chi connectivity index (χ4n) is 3.77. The Hall–Kier alpha value is -3.16. The Morgan fingerprint density at radius 1 is 1.10 bits per heavy atom. The fourth-order valence-corrected chi connectivity index (χ4v) is 3.77. The number of benzene rings is 1. The first-order valence-electron chi connectivity index (χ1n) is 10.4. The molecule has 0 unspecified atom stereocenters. The molecule has 2 aliphatic heterocycles. The molecule has 0 bridgehead atoms. The van der Waals surface area contributed by atoms with Crippen LogP contribution in [0.15, 0.2) is 30.6 Å². The number of amides is 2. The predicted molar refractivity (Wildman–Crippen MR) is 111 cm³/mol. The summed E-state index contributed by atoms with van der Waals surface area (Å²) in [5, 5.41) is 2.93. The smallest absolute Gasteiger partial charge is 0.274 e. The number of carbonyl (C=O) groups is 2. The monoisotopic (exact) mass is 410 g/mol. The summed E-state index contributed by atoms with van der Waals surface area (Å²) in [6.07, 6.45) is 6.19. The molecule has 2 aliphatic rings. The number of aryl methyl sites for hydroxylation is 1. The SMILES string of the molecule is Cc1cnc(C(=O)N2CCC(CCC(=O)Nc3ccc4c(c3)OCCO4)CC2)cn1. The molecule has 1 aromatic carbocycles. The molecule has 2 amide bonds. The van der Waals surface area contributed by atoms with E-state index < -0.39 is 0 Å². The number of fused-ring (bicyclic) bond motifs is 1. The van der Waals surface area contributed by atoms with Gasteiger partial charge in [-0.15, -0.1) is 0 Å². The summed E-state index contributed by atoms with van der Waals surface area (Å²) in [6, 6.07) is 5.43. The Bertz CT molecular complexity index is 908. The topological polar surface area (TPSA) is 93.7 Å². The Morgan fingerprint density at radius 3 is 2.60 bits per heavy atom. The molecular weight excluding hydrogens is 384 g/mol. The Balaban J connectivity index is 1.21. The highest BCUT2D eigenvalue weighted by Crippen LogP contribution is 2.32. The van der Waals surface area contributed by atoms with E-state index >= 15 is 0 Å². The molecule has 3 heterocycles. The third-order valence-electron chi connectivity index (χ3n) is 5.51. The van der Waals surface area contributed by atoms with Gasteiger partial charge in [0.25, 0.3) is 5.91 Å². The van der Waals surface area contributed by atoms with Gasteiger partial charge in [-0.3, -0.25) is 14.6 Å². The lowest BCUT2D eigenvalue weighted by Gasteiger charge is -2.31. The van der Waals surface area contributed by atoms with E-state index in [1.165, 1.54) is 6.20 Å². The Kier molecular flexibility index (Phi) is 6.11. The highest BCUT2D eigenvalue weighted by molar-refractivity contribution is 5.92. The second-order valence-corrected chi connectivity index (χ2v) is 7.72. The summed E-state index contributed by atoms with van der Waals surface area (Å²) < 4.78 is 11.0. The van der Waals surface area contributed by atoms with Gasteiger partial charge >= 0.3 is 0 Å². The maximum atomic E-state index is 12.5. The van der Waals surface area contributed by atoms with E-state index in [0.29, 0.717) is 61.5 Å². The number of aromatic nitrogens is 2. The maximum absolute atomic E-state index is 12.5. The van der Waals surface area contributed by atoms with E-state index in [0.717, 1.165) is 25.0 Å². The van der Waals surface area contributed by atoms with Crippen molar-refractivity contribution in [3.8, 4) is 11.5 Å². The first kappa shape index (κ1) is 20.1. The van der Waals surface area contributed by atoms with Crippen molar-refractivity contribution in [1.82, 2.24) is 14.9 Å². The quantitative estimate of drug-likeness (QED) is 0.815. The number of anilines is 1. The number of nitrogens with one attached hydrogen (secondary N) is 1. The van der Waals surface area contributed by atoms with E-state index in [1.54, 1.807) is 12.3 Å². The van der Waals surface area contributed by atoms with Gasteiger partial charge in [0.1, 0.15) is 18.9 Å². The zero-order chi connectivity index (χ0) is 20.9. The standard InChI is InChI=1S/C22H26N4O4/c1-15-13-24-18(14-23-15)22(28)26-8-6-16(7-9-26)2-5-21(27)25-17-3-4-19-20(12-17)30-11-10-29-19/h3-4,12-14,16H,2,5-11H2,1H3,(H,25,27). The van der Waals surface area contributed by atoms with Crippen LogP contribution in [0, 0.1) is 12.8 Å². The van der Waals surface area contributed by atoms with Crippen LogP contribution in [-0.2, 0) is 4.79 Å². The summed E-state index contributed by atoms with van der Waals surface area (Å²) in [5.74, 6) is 1.72.